The average molecular weight is 663 g/mol. The molecule has 2 fully saturated rings. The first-order valence-corrected chi connectivity index (χ1v) is 17.4. The summed E-state index contributed by atoms with van der Waals surface area (Å²) in [4.78, 5) is 2.50. The predicted molar refractivity (Wildman–Crippen MR) is 178 cm³/mol. The molecule has 0 amide bonds. The summed E-state index contributed by atoms with van der Waals surface area (Å²) < 4.78 is 42.0. The molecule has 0 saturated carbocycles. The van der Waals surface area contributed by atoms with E-state index >= 15 is 0 Å². The van der Waals surface area contributed by atoms with Crippen LogP contribution in [0.25, 0.3) is 0 Å². The zero-order valence-electron chi connectivity index (χ0n) is 25.6. The molecule has 8 nitrogen and oxygen atoms in total. The Hall–Kier alpha value is -3.28. The van der Waals surface area contributed by atoms with Gasteiger partial charge in [-0.05, 0) is 65.9 Å². The normalized spacial score (nSPS) is 23.6. The Morgan fingerprint density at radius 3 is 2.26 bits per heavy atom. The number of hydrogen-bond donors (Lipinski definition) is 3. The van der Waals surface area contributed by atoms with Crippen LogP contribution in [-0.2, 0) is 31.7 Å². The van der Waals surface area contributed by atoms with Crippen molar-refractivity contribution in [2.24, 2.45) is 5.92 Å². The summed E-state index contributed by atoms with van der Waals surface area (Å²) in [6.45, 7) is 4.11. The Balaban J connectivity index is 1.22. The molecule has 2 aliphatic rings. The number of likely N-dealkylation sites (tertiary alicyclic amines) is 1. The van der Waals surface area contributed by atoms with Crippen molar-refractivity contribution in [2.75, 3.05) is 24.4 Å². The molecule has 4 atom stereocenters. The van der Waals surface area contributed by atoms with Crippen LogP contribution >= 0.6 is 11.6 Å². The second-order valence-electron chi connectivity index (χ2n) is 12.2. The lowest BCUT2D eigenvalue weighted by molar-refractivity contribution is -0.277. The number of sulfonamides is 1. The highest BCUT2D eigenvalue weighted by atomic mass is 35.5. The van der Waals surface area contributed by atoms with Gasteiger partial charge in [0, 0.05) is 41.8 Å². The van der Waals surface area contributed by atoms with Crippen molar-refractivity contribution in [3.05, 3.63) is 130 Å². The van der Waals surface area contributed by atoms with Crippen molar-refractivity contribution in [1.82, 2.24) is 4.90 Å². The van der Waals surface area contributed by atoms with E-state index in [1.54, 1.807) is 48.5 Å². The van der Waals surface area contributed by atoms with Crippen LogP contribution in [0.5, 0.6) is 0 Å². The van der Waals surface area contributed by atoms with Gasteiger partial charge in [-0.15, -0.1) is 0 Å². The Morgan fingerprint density at radius 1 is 0.891 bits per heavy atom. The highest BCUT2D eigenvalue weighted by Crippen LogP contribution is 2.43. The van der Waals surface area contributed by atoms with E-state index in [9.17, 15) is 18.6 Å². The van der Waals surface area contributed by atoms with Crippen LogP contribution in [0.1, 0.15) is 54.4 Å². The molecule has 3 N–H and O–H groups in total. The number of piperidine rings is 1. The van der Waals surface area contributed by atoms with Gasteiger partial charge in [-0.25, -0.2) is 8.42 Å². The monoisotopic (exact) mass is 662 g/mol. The van der Waals surface area contributed by atoms with E-state index in [4.69, 9.17) is 21.1 Å². The van der Waals surface area contributed by atoms with Gasteiger partial charge in [0.2, 0.25) is 0 Å². The molecule has 4 unspecified atom stereocenters. The fraction of sp³-hybridized carbons (Fsp3) is 0.333. The highest BCUT2D eigenvalue weighted by molar-refractivity contribution is 7.92. The van der Waals surface area contributed by atoms with Gasteiger partial charge in [0.1, 0.15) is 0 Å². The first-order valence-electron chi connectivity index (χ1n) is 15.5. The number of hydrogen-bond acceptors (Lipinski definition) is 7. The molecule has 0 aromatic heterocycles. The van der Waals surface area contributed by atoms with Crippen LogP contribution < -0.4 is 4.72 Å². The largest absolute Gasteiger partial charge is 0.392 e. The SMILES string of the molecule is CC1C(CN2CCC(O)(c3ccc(Cl)cc3)CC2)OC(c2cccc(NS(=O)(=O)c3ccccc3)c2)OC1c1ccc(CO)cc1. The van der Waals surface area contributed by atoms with Crippen molar-refractivity contribution in [1.29, 1.82) is 0 Å². The minimum Gasteiger partial charge on any atom is -0.392 e. The summed E-state index contributed by atoms with van der Waals surface area (Å²) in [5.74, 6) is -0.0203. The quantitative estimate of drug-likeness (QED) is 0.190. The van der Waals surface area contributed by atoms with Crippen LogP contribution in [0, 0.1) is 5.92 Å². The number of nitrogens with zero attached hydrogens (tertiary/aromatic N) is 1. The lowest BCUT2D eigenvalue weighted by Crippen LogP contribution is -2.49. The minimum absolute atomic E-state index is 0.0203. The first kappa shape index (κ1) is 32.7. The Kier molecular flexibility index (Phi) is 9.82. The molecule has 2 aliphatic heterocycles. The van der Waals surface area contributed by atoms with E-state index in [2.05, 4.69) is 16.5 Å². The zero-order valence-corrected chi connectivity index (χ0v) is 27.2. The molecule has 6 rings (SSSR count). The van der Waals surface area contributed by atoms with Crippen molar-refractivity contribution >= 4 is 27.3 Å². The van der Waals surface area contributed by atoms with Gasteiger partial charge in [-0.2, -0.15) is 0 Å². The second-order valence-corrected chi connectivity index (χ2v) is 14.3. The second kappa shape index (κ2) is 13.8. The molecular formula is C36H39ClN2O6S. The third-order valence-electron chi connectivity index (χ3n) is 9.09. The van der Waals surface area contributed by atoms with Gasteiger partial charge in [0.25, 0.3) is 10.0 Å². The maximum Gasteiger partial charge on any atom is 0.261 e. The van der Waals surface area contributed by atoms with Crippen molar-refractivity contribution in [3.8, 4) is 0 Å². The van der Waals surface area contributed by atoms with E-state index in [0.29, 0.717) is 48.7 Å². The van der Waals surface area contributed by atoms with Crippen molar-refractivity contribution < 1.29 is 28.1 Å². The van der Waals surface area contributed by atoms with E-state index in [0.717, 1.165) is 16.7 Å². The number of aliphatic hydroxyl groups excluding tert-OH is 1. The van der Waals surface area contributed by atoms with Gasteiger partial charge in [-0.3, -0.25) is 4.72 Å². The van der Waals surface area contributed by atoms with Crippen LogP contribution in [-0.4, -0.2) is 49.3 Å². The lowest BCUT2D eigenvalue weighted by atomic mass is 9.84. The number of rotatable bonds is 9. The molecule has 242 valence electrons. The van der Waals surface area contributed by atoms with E-state index < -0.39 is 21.9 Å². The third kappa shape index (κ3) is 7.31. The van der Waals surface area contributed by atoms with Gasteiger partial charge < -0.3 is 24.6 Å². The number of halogens is 1. The Bertz CT molecular complexity index is 1710. The fourth-order valence-corrected chi connectivity index (χ4v) is 7.50. The van der Waals surface area contributed by atoms with Gasteiger partial charge in [0.15, 0.2) is 6.29 Å². The molecule has 4 aromatic rings. The van der Waals surface area contributed by atoms with Crippen LogP contribution in [0.4, 0.5) is 5.69 Å². The molecule has 2 heterocycles. The molecule has 46 heavy (non-hydrogen) atoms. The minimum atomic E-state index is -3.78. The molecule has 0 aliphatic carbocycles. The summed E-state index contributed by atoms with van der Waals surface area (Å²) in [5, 5.41) is 21.6. The predicted octanol–water partition coefficient (Wildman–Crippen LogP) is 6.41. The average Bonchev–Trinajstić information content (AvgIpc) is 3.07. The van der Waals surface area contributed by atoms with Gasteiger partial charge in [-0.1, -0.05) is 85.3 Å². The molecule has 4 aromatic carbocycles. The summed E-state index contributed by atoms with van der Waals surface area (Å²) >= 11 is 6.08. The van der Waals surface area contributed by atoms with Crippen LogP contribution in [0.3, 0.4) is 0 Å². The number of ether oxygens (including phenoxy) is 2. The summed E-state index contributed by atoms with van der Waals surface area (Å²) in [6, 6.07) is 30.5. The maximum atomic E-state index is 13.0. The Labute approximate surface area is 275 Å². The molecule has 0 bridgehead atoms. The number of aliphatic hydroxyl groups is 2. The number of benzene rings is 4. The van der Waals surface area contributed by atoms with Crippen molar-refractivity contribution in [2.45, 2.75) is 55.4 Å². The van der Waals surface area contributed by atoms with Crippen LogP contribution in [0.2, 0.25) is 5.02 Å². The van der Waals surface area contributed by atoms with Gasteiger partial charge in [0.05, 0.1) is 29.3 Å². The van der Waals surface area contributed by atoms with Gasteiger partial charge >= 0.3 is 0 Å². The molecule has 0 spiro atoms. The zero-order chi connectivity index (χ0) is 32.3. The smallest absolute Gasteiger partial charge is 0.261 e. The highest BCUT2D eigenvalue weighted by Gasteiger charge is 2.41. The summed E-state index contributed by atoms with van der Waals surface area (Å²) in [6.07, 6.45) is -0.0957. The van der Waals surface area contributed by atoms with E-state index in [1.165, 1.54) is 0 Å². The van der Waals surface area contributed by atoms with Crippen LogP contribution in [0.15, 0.2) is 108 Å². The van der Waals surface area contributed by atoms with E-state index in [-0.39, 0.29) is 29.6 Å². The third-order valence-corrected chi connectivity index (χ3v) is 10.7. The molecule has 10 heteroatoms. The summed E-state index contributed by atoms with van der Waals surface area (Å²) in [5.41, 5.74) is 2.86. The maximum absolute atomic E-state index is 13.0. The van der Waals surface area contributed by atoms with E-state index in [1.807, 2.05) is 54.6 Å². The number of nitrogens with one attached hydrogen (secondary N) is 1. The molecule has 0 radical (unpaired) electrons. The fourth-order valence-electron chi connectivity index (χ4n) is 6.30. The first-order chi connectivity index (χ1) is 22.1. The van der Waals surface area contributed by atoms with Crippen molar-refractivity contribution in [3.63, 3.8) is 0 Å². The molecule has 2 saturated heterocycles. The Morgan fingerprint density at radius 2 is 1.59 bits per heavy atom. The topological polar surface area (TPSA) is 108 Å². The molecular weight excluding hydrogens is 624 g/mol. The number of anilines is 1. The standard InChI is InChI=1S/C36H39ClN2O6S/c1-25-33(23-39-20-18-36(41,19-21-39)29-14-16-30(37)17-15-29)44-35(45-34(25)27-12-10-26(24-40)11-13-27)28-6-5-7-31(22-28)38-46(42,43)32-8-3-2-4-9-32/h2-17,22,25,33-35,38,40-41H,18-21,23-24H2,1H3. The lowest BCUT2D eigenvalue weighted by Gasteiger charge is -2.45. The summed E-state index contributed by atoms with van der Waals surface area (Å²) in [7, 11) is -3.78.